The molecule has 0 bridgehead atoms. The van der Waals surface area contributed by atoms with Crippen LogP contribution in [0, 0.1) is 0 Å². The highest BCUT2D eigenvalue weighted by atomic mass is 32.2. The topological polar surface area (TPSA) is 86.2 Å². The predicted molar refractivity (Wildman–Crippen MR) is 51.4 cm³/mol. The van der Waals surface area contributed by atoms with Crippen LogP contribution in [0.5, 0.6) is 0 Å². The van der Waals surface area contributed by atoms with E-state index in [2.05, 4.69) is 5.16 Å². The highest BCUT2D eigenvalue weighted by Crippen LogP contribution is 2.23. The summed E-state index contributed by atoms with van der Waals surface area (Å²) in [5, 5.41) is 3.20. The summed E-state index contributed by atoms with van der Waals surface area (Å²) >= 11 is 0. The van der Waals surface area contributed by atoms with Gasteiger partial charge in [0.15, 0.2) is 15.7 Å². The Morgan fingerprint density at radius 2 is 2.43 bits per heavy atom. The lowest BCUT2D eigenvalue weighted by atomic mass is 10.2. The van der Waals surface area contributed by atoms with Gasteiger partial charge in [0.25, 0.3) is 0 Å². The van der Waals surface area contributed by atoms with Crippen LogP contribution in [0.15, 0.2) is 10.6 Å². The van der Waals surface area contributed by atoms with Crippen LogP contribution in [0.1, 0.15) is 18.6 Å². The minimum atomic E-state index is -2.90. The smallest absolute Gasteiger partial charge is 0.167 e. The Morgan fingerprint density at radius 1 is 1.64 bits per heavy atom. The van der Waals surface area contributed by atoms with Crippen molar-refractivity contribution in [2.75, 3.05) is 11.5 Å². The van der Waals surface area contributed by atoms with Gasteiger partial charge in [-0.15, -0.1) is 0 Å². The van der Waals surface area contributed by atoms with E-state index < -0.39 is 9.84 Å². The fourth-order valence-corrected chi connectivity index (χ4v) is 3.58. The van der Waals surface area contributed by atoms with Crippen molar-refractivity contribution in [3.63, 3.8) is 0 Å². The zero-order chi connectivity index (χ0) is 10.2. The standard InChI is InChI=1S/C8H12N2O3S/c9-8-5-6(13-10-8)4-7-2-1-3-14(7,11)12/h5,7H,1-4H2,(H2,9,10). The van der Waals surface area contributed by atoms with Crippen molar-refractivity contribution in [1.82, 2.24) is 5.16 Å². The van der Waals surface area contributed by atoms with E-state index in [1.165, 1.54) is 0 Å². The van der Waals surface area contributed by atoms with Gasteiger partial charge in [-0.2, -0.15) is 0 Å². The number of anilines is 1. The molecular formula is C8H12N2O3S. The van der Waals surface area contributed by atoms with Crippen LogP contribution in [0.3, 0.4) is 0 Å². The number of sulfone groups is 1. The minimum absolute atomic E-state index is 0.293. The molecule has 0 saturated carbocycles. The van der Waals surface area contributed by atoms with E-state index in [4.69, 9.17) is 10.3 Å². The molecule has 0 radical (unpaired) electrons. The Kier molecular flexibility index (Phi) is 2.22. The third-order valence-electron chi connectivity index (χ3n) is 2.47. The largest absolute Gasteiger partial charge is 0.381 e. The third-order valence-corrected chi connectivity index (χ3v) is 4.74. The molecule has 1 aliphatic rings. The second-order valence-corrected chi connectivity index (χ2v) is 5.95. The molecule has 2 rings (SSSR count). The molecule has 1 aliphatic heterocycles. The third kappa shape index (κ3) is 1.75. The Hall–Kier alpha value is -1.04. The maximum atomic E-state index is 11.5. The average molecular weight is 216 g/mol. The summed E-state index contributed by atoms with van der Waals surface area (Å²) in [6, 6.07) is 1.58. The lowest BCUT2D eigenvalue weighted by Crippen LogP contribution is -2.18. The van der Waals surface area contributed by atoms with Crippen LogP contribution in [0.25, 0.3) is 0 Å². The van der Waals surface area contributed by atoms with Crippen molar-refractivity contribution in [3.05, 3.63) is 11.8 Å². The molecule has 1 atom stereocenters. The lowest BCUT2D eigenvalue weighted by Gasteiger charge is -2.04. The molecule has 5 nitrogen and oxygen atoms in total. The molecule has 1 aromatic heterocycles. The van der Waals surface area contributed by atoms with E-state index in [0.717, 1.165) is 6.42 Å². The summed E-state index contributed by atoms with van der Waals surface area (Å²) in [7, 11) is -2.90. The molecule has 2 heterocycles. The van der Waals surface area contributed by atoms with Gasteiger partial charge in [0.1, 0.15) is 5.76 Å². The van der Waals surface area contributed by atoms with E-state index in [1.54, 1.807) is 6.07 Å². The van der Waals surface area contributed by atoms with Crippen LogP contribution < -0.4 is 5.73 Å². The zero-order valence-corrected chi connectivity index (χ0v) is 8.46. The number of aromatic nitrogens is 1. The van der Waals surface area contributed by atoms with E-state index in [9.17, 15) is 8.42 Å². The van der Waals surface area contributed by atoms with Crippen LogP contribution in [-0.4, -0.2) is 24.6 Å². The summed E-state index contributed by atoms with van der Waals surface area (Å²) in [6.07, 6.45) is 1.85. The molecule has 1 unspecified atom stereocenters. The first kappa shape index (κ1) is 9.51. The van der Waals surface area contributed by atoms with Crippen LogP contribution >= 0.6 is 0 Å². The number of hydrogen-bond donors (Lipinski definition) is 1. The number of nitrogens with two attached hydrogens (primary N) is 1. The zero-order valence-electron chi connectivity index (χ0n) is 7.64. The summed E-state index contributed by atoms with van der Waals surface area (Å²) in [5.41, 5.74) is 5.37. The summed E-state index contributed by atoms with van der Waals surface area (Å²) in [6.45, 7) is 0. The van der Waals surface area contributed by atoms with E-state index in [-0.39, 0.29) is 5.25 Å². The van der Waals surface area contributed by atoms with Gasteiger partial charge < -0.3 is 10.3 Å². The molecule has 0 aromatic carbocycles. The first-order valence-electron chi connectivity index (χ1n) is 4.50. The van der Waals surface area contributed by atoms with Crippen LogP contribution in [0.2, 0.25) is 0 Å². The fraction of sp³-hybridized carbons (Fsp3) is 0.625. The maximum absolute atomic E-state index is 11.5. The van der Waals surface area contributed by atoms with Gasteiger partial charge in [-0.3, -0.25) is 0 Å². The van der Waals surface area contributed by atoms with Crippen LogP contribution in [-0.2, 0) is 16.3 Å². The van der Waals surface area contributed by atoms with Gasteiger partial charge in [0, 0.05) is 12.5 Å². The van der Waals surface area contributed by atoms with Gasteiger partial charge in [-0.05, 0) is 12.8 Å². The van der Waals surface area contributed by atoms with Gasteiger partial charge in [-0.1, -0.05) is 5.16 Å². The molecule has 78 valence electrons. The van der Waals surface area contributed by atoms with E-state index in [1.807, 2.05) is 0 Å². The quantitative estimate of drug-likeness (QED) is 0.772. The summed E-state index contributed by atoms with van der Waals surface area (Å²) in [4.78, 5) is 0. The second kappa shape index (κ2) is 3.27. The highest BCUT2D eigenvalue weighted by Gasteiger charge is 2.32. The van der Waals surface area contributed by atoms with Gasteiger partial charge in [0.05, 0.1) is 11.0 Å². The molecule has 1 fully saturated rings. The molecular weight excluding hydrogens is 204 g/mol. The predicted octanol–water partition coefficient (Wildman–Crippen LogP) is 0.376. The van der Waals surface area contributed by atoms with Gasteiger partial charge in [-0.25, -0.2) is 8.42 Å². The molecule has 1 saturated heterocycles. The SMILES string of the molecule is Nc1cc(CC2CCCS2(=O)=O)on1. The normalized spacial score (nSPS) is 25.3. The van der Waals surface area contributed by atoms with Crippen LogP contribution in [0.4, 0.5) is 5.82 Å². The fourth-order valence-electron chi connectivity index (χ4n) is 1.74. The van der Waals surface area contributed by atoms with Crippen molar-refractivity contribution >= 4 is 15.7 Å². The Balaban J connectivity index is 2.12. The van der Waals surface area contributed by atoms with Gasteiger partial charge >= 0.3 is 0 Å². The molecule has 0 spiro atoms. The summed E-state index contributed by atoms with van der Waals surface area (Å²) < 4.78 is 27.8. The number of rotatable bonds is 2. The average Bonchev–Trinajstić information content (AvgIpc) is 2.61. The van der Waals surface area contributed by atoms with E-state index in [0.29, 0.717) is 30.2 Å². The Bertz CT molecular complexity index is 424. The number of hydrogen-bond acceptors (Lipinski definition) is 5. The summed E-state index contributed by atoms with van der Waals surface area (Å²) in [5.74, 6) is 1.15. The van der Waals surface area contributed by atoms with Crippen molar-refractivity contribution in [2.45, 2.75) is 24.5 Å². The highest BCUT2D eigenvalue weighted by molar-refractivity contribution is 7.92. The molecule has 0 amide bonds. The Labute approximate surface area is 82.2 Å². The Morgan fingerprint density at radius 3 is 2.93 bits per heavy atom. The lowest BCUT2D eigenvalue weighted by molar-refractivity contribution is 0.383. The molecule has 2 N–H and O–H groups in total. The molecule has 6 heteroatoms. The van der Waals surface area contributed by atoms with Crippen molar-refractivity contribution in [3.8, 4) is 0 Å². The first-order valence-corrected chi connectivity index (χ1v) is 6.22. The monoisotopic (exact) mass is 216 g/mol. The van der Waals surface area contributed by atoms with Gasteiger partial charge in [0.2, 0.25) is 0 Å². The molecule has 0 aliphatic carbocycles. The minimum Gasteiger partial charge on any atom is -0.381 e. The van der Waals surface area contributed by atoms with E-state index >= 15 is 0 Å². The molecule has 14 heavy (non-hydrogen) atoms. The maximum Gasteiger partial charge on any atom is 0.167 e. The first-order chi connectivity index (χ1) is 6.58. The van der Waals surface area contributed by atoms with Crippen molar-refractivity contribution in [1.29, 1.82) is 0 Å². The second-order valence-electron chi connectivity index (χ2n) is 3.55. The number of nitrogens with zero attached hydrogens (tertiary/aromatic N) is 1. The molecule has 1 aromatic rings. The number of nitrogen functional groups attached to an aromatic ring is 1. The van der Waals surface area contributed by atoms with Crippen molar-refractivity contribution < 1.29 is 12.9 Å². The van der Waals surface area contributed by atoms with Crippen molar-refractivity contribution in [2.24, 2.45) is 0 Å².